The highest BCUT2D eigenvalue weighted by Crippen LogP contribution is 2.30. The molecule has 0 N–H and O–H groups in total. The number of ether oxygens (including phenoxy) is 2. The largest absolute Gasteiger partial charge is 0.497 e. The zero-order valence-corrected chi connectivity index (χ0v) is 26.5. The predicted octanol–water partition coefficient (Wildman–Crippen LogP) is 7.56. The number of benzene rings is 3. The van der Waals surface area contributed by atoms with Crippen molar-refractivity contribution in [2.75, 3.05) is 47.4 Å². The van der Waals surface area contributed by atoms with E-state index in [2.05, 4.69) is 35.2 Å². The molecule has 1 saturated heterocycles. The molecule has 41 heavy (non-hydrogen) atoms. The van der Waals surface area contributed by atoms with E-state index in [9.17, 15) is 4.79 Å². The van der Waals surface area contributed by atoms with Crippen molar-refractivity contribution in [2.24, 2.45) is 5.92 Å². The Labute approximate surface area is 261 Å². The van der Waals surface area contributed by atoms with E-state index in [1.807, 2.05) is 48.3 Å². The minimum atomic E-state index is 0. The molecule has 0 aromatic heterocycles. The Kier molecular flexibility index (Phi) is 13.1. The summed E-state index contributed by atoms with van der Waals surface area (Å²) in [7, 11) is 5.10. The van der Waals surface area contributed by atoms with Gasteiger partial charge in [0.15, 0.2) is 0 Å². The number of amides is 1. The first kappa shape index (κ1) is 33.1. The summed E-state index contributed by atoms with van der Waals surface area (Å²) in [6, 6.07) is 22.2. The number of nitrogens with zero attached hydrogens (tertiary/aromatic N) is 2. The summed E-state index contributed by atoms with van der Waals surface area (Å²) in [5.41, 5.74) is 3.40. The molecule has 0 saturated carbocycles. The van der Waals surface area contributed by atoms with Crippen LogP contribution in [0.5, 0.6) is 11.5 Å². The van der Waals surface area contributed by atoms with Crippen molar-refractivity contribution in [3.8, 4) is 11.5 Å². The van der Waals surface area contributed by atoms with Crippen LogP contribution in [0.2, 0.25) is 10.0 Å². The Morgan fingerprint density at radius 3 is 2.20 bits per heavy atom. The number of hydrogen-bond acceptors (Lipinski definition) is 4. The van der Waals surface area contributed by atoms with Crippen molar-refractivity contribution in [3.63, 3.8) is 0 Å². The molecule has 222 valence electrons. The first-order chi connectivity index (χ1) is 19.3. The average molecular weight is 620 g/mol. The molecule has 1 atom stereocenters. The standard InChI is InChI=1S/C33H40Cl2N2O3.ClH/c1-36(33(38)20-26-18-29(39-2)22-30(19-26)40-3)23-28(27-9-10-31(34)32(35)21-27)13-16-37-14-11-25(12-15-37)17-24-7-5-4-6-8-24;/h4-10,18-19,21-22,25,28H,11-17,20,23H2,1-3H3;1H. The molecule has 0 aliphatic carbocycles. The Balaban J connectivity index is 0.00000462. The zero-order chi connectivity index (χ0) is 28.5. The van der Waals surface area contributed by atoms with Crippen LogP contribution in [0.25, 0.3) is 0 Å². The first-order valence-corrected chi connectivity index (χ1v) is 14.8. The third-order valence-electron chi connectivity index (χ3n) is 7.97. The summed E-state index contributed by atoms with van der Waals surface area (Å²) in [6.07, 6.45) is 4.80. The van der Waals surface area contributed by atoms with Crippen LogP contribution in [0.4, 0.5) is 0 Å². The fourth-order valence-corrected chi connectivity index (χ4v) is 5.85. The van der Waals surface area contributed by atoms with Gasteiger partial charge in [-0.15, -0.1) is 12.4 Å². The molecule has 3 aromatic carbocycles. The number of halogens is 3. The summed E-state index contributed by atoms with van der Waals surface area (Å²) in [6.45, 7) is 3.80. The van der Waals surface area contributed by atoms with Crippen LogP contribution in [0.3, 0.4) is 0 Å². The number of carbonyl (C=O) groups is 1. The fourth-order valence-electron chi connectivity index (χ4n) is 5.54. The summed E-state index contributed by atoms with van der Waals surface area (Å²) < 4.78 is 10.8. The zero-order valence-electron chi connectivity index (χ0n) is 24.2. The van der Waals surface area contributed by atoms with Crippen LogP contribution >= 0.6 is 35.6 Å². The van der Waals surface area contributed by atoms with E-state index in [-0.39, 0.29) is 30.7 Å². The molecule has 1 aliphatic heterocycles. The van der Waals surface area contributed by atoms with E-state index < -0.39 is 0 Å². The summed E-state index contributed by atoms with van der Waals surface area (Å²) in [4.78, 5) is 17.7. The molecule has 0 spiro atoms. The molecular formula is C33H41Cl3N2O3. The van der Waals surface area contributed by atoms with Crippen LogP contribution in [-0.2, 0) is 17.6 Å². The molecule has 1 fully saturated rings. The van der Waals surface area contributed by atoms with Crippen LogP contribution in [0, 0.1) is 5.92 Å². The highest BCUT2D eigenvalue weighted by atomic mass is 35.5. The van der Waals surface area contributed by atoms with Crippen molar-refractivity contribution >= 4 is 41.5 Å². The molecule has 1 heterocycles. The number of methoxy groups -OCH3 is 2. The van der Waals surface area contributed by atoms with Gasteiger partial charge in [-0.1, -0.05) is 59.6 Å². The van der Waals surface area contributed by atoms with Crippen LogP contribution in [0.15, 0.2) is 66.7 Å². The fraction of sp³-hybridized carbons (Fsp3) is 0.424. The second-order valence-electron chi connectivity index (χ2n) is 10.8. The van der Waals surface area contributed by atoms with E-state index in [0.29, 0.717) is 28.1 Å². The predicted molar refractivity (Wildman–Crippen MR) is 171 cm³/mol. The lowest BCUT2D eigenvalue weighted by atomic mass is 9.89. The Morgan fingerprint density at radius 2 is 1.59 bits per heavy atom. The van der Waals surface area contributed by atoms with Gasteiger partial charge in [0.05, 0.1) is 30.7 Å². The second kappa shape index (κ2) is 16.3. The minimum Gasteiger partial charge on any atom is -0.497 e. The number of piperidine rings is 1. The van der Waals surface area contributed by atoms with Gasteiger partial charge in [-0.25, -0.2) is 0 Å². The van der Waals surface area contributed by atoms with Crippen LogP contribution < -0.4 is 9.47 Å². The summed E-state index contributed by atoms with van der Waals surface area (Å²) >= 11 is 12.6. The Hall–Kier alpha value is -2.44. The Morgan fingerprint density at radius 1 is 0.927 bits per heavy atom. The molecule has 3 aromatic rings. The maximum Gasteiger partial charge on any atom is 0.226 e. The van der Waals surface area contributed by atoms with Gasteiger partial charge in [0.1, 0.15) is 11.5 Å². The molecule has 5 nitrogen and oxygen atoms in total. The van der Waals surface area contributed by atoms with Gasteiger partial charge in [0.2, 0.25) is 5.91 Å². The first-order valence-electron chi connectivity index (χ1n) is 14.0. The molecular weight excluding hydrogens is 579 g/mol. The summed E-state index contributed by atoms with van der Waals surface area (Å²) in [5, 5.41) is 1.09. The van der Waals surface area contributed by atoms with E-state index in [1.54, 1.807) is 14.2 Å². The number of hydrogen-bond donors (Lipinski definition) is 0. The molecule has 1 unspecified atom stereocenters. The molecule has 0 bridgehead atoms. The molecule has 4 rings (SSSR count). The Bertz CT molecular complexity index is 1230. The third kappa shape index (κ3) is 9.82. The van der Waals surface area contributed by atoms with E-state index >= 15 is 0 Å². The van der Waals surface area contributed by atoms with Crippen molar-refractivity contribution < 1.29 is 14.3 Å². The van der Waals surface area contributed by atoms with E-state index in [0.717, 1.165) is 49.5 Å². The van der Waals surface area contributed by atoms with Crippen molar-refractivity contribution in [2.45, 2.75) is 38.0 Å². The maximum absolute atomic E-state index is 13.3. The van der Waals surface area contributed by atoms with Gasteiger partial charge in [-0.3, -0.25) is 4.79 Å². The lowest BCUT2D eigenvalue weighted by Gasteiger charge is -2.33. The molecule has 0 radical (unpaired) electrons. The topological polar surface area (TPSA) is 42.0 Å². The van der Waals surface area contributed by atoms with Gasteiger partial charge in [0, 0.05) is 25.6 Å². The number of likely N-dealkylation sites (tertiary alicyclic amines) is 1. The van der Waals surface area contributed by atoms with Crippen LogP contribution in [-0.4, -0.2) is 63.2 Å². The van der Waals surface area contributed by atoms with Gasteiger partial charge >= 0.3 is 0 Å². The summed E-state index contributed by atoms with van der Waals surface area (Å²) in [5.74, 6) is 2.27. The van der Waals surface area contributed by atoms with Crippen LogP contribution in [0.1, 0.15) is 41.9 Å². The van der Waals surface area contributed by atoms with E-state index in [1.165, 1.54) is 18.4 Å². The maximum atomic E-state index is 13.3. The lowest BCUT2D eigenvalue weighted by Crippen LogP contribution is -2.37. The number of carbonyl (C=O) groups excluding carboxylic acids is 1. The monoisotopic (exact) mass is 618 g/mol. The molecule has 1 aliphatic rings. The molecule has 8 heteroatoms. The van der Waals surface area contributed by atoms with Crippen molar-refractivity contribution in [3.05, 3.63) is 93.5 Å². The highest BCUT2D eigenvalue weighted by molar-refractivity contribution is 6.42. The van der Waals surface area contributed by atoms with Gasteiger partial charge in [-0.05, 0) is 92.2 Å². The van der Waals surface area contributed by atoms with Gasteiger partial charge < -0.3 is 19.3 Å². The molecule has 1 amide bonds. The highest BCUT2D eigenvalue weighted by Gasteiger charge is 2.23. The normalized spacial score (nSPS) is 14.7. The second-order valence-corrected chi connectivity index (χ2v) is 11.6. The SMILES string of the molecule is COc1cc(CC(=O)N(C)CC(CCN2CCC(Cc3ccccc3)CC2)c2ccc(Cl)c(Cl)c2)cc(OC)c1.Cl. The smallest absolute Gasteiger partial charge is 0.226 e. The lowest BCUT2D eigenvalue weighted by molar-refractivity contribution is -0.129. The van der Waals surface area contributed by atoms with Gasteiger partial charge in [0.25, 0.3) is 0 Å². The number of rotatable bonds is 12. The minimum absolute atomic E-state index is 0. The van der Waals surface area contributed by atoms with E-state index in [4.69, 9.17) is 32.7 Å². The van der Waals surface area contributed by atoms with Gasteiger partial charge in [-0.2, -0.15) is 0 Å². The number of likely N-dealkylation sites (N-methyl/N-ethyl adjacent to an activating group) is 1. The van der Waals surface area contributed by atoms with Crippen molar-refractivity contribution in [1.29, 1.82) is 0 Å². The quantitative estimate of drug-likeness (QED) is 0.210. The van der Waals surface area contributed by atoms with Crippen molar-refractivity contribution in [1.82, 2.24) is 9.80 Å². The third-order valence-corrected chi connectivity index (χ3v) is 8.71. The average Bonchev–Trinajstić information content (AvgIpc) is 2.97.